The zero-order valence-corrected chi connectivity index (χ0v) is 22.0. The predicted molar refractivity (Wildman–Crippen MR) is 139 cm³/mol. The molecule has 5 heterocycles. The van der Waals surface area contributed by atoms with Crippen molar-refractivity contribution in [3.8, 4) is 0 Å². The zero-order valence-electron chi connectivity index (χ0n) is 20.4. The second-order valence-electron chi connectivity index (χ2n) is 10.3. The van der Waals surface area contributed by atoms with Gasteiger partial charge in [-0.2, -0.15) is 19.6 Å². The minimum atomic E-state index is -0.518. The van der Waals surface area contributed by atoms with Gasteiger partial charge < -0.3 is 24.8 Å². The van der Waals surface area contributed by atoms with E-state index >= 15 is 0 Å². The first-order valence-corrected chi connectivity index (χ1v) is 12.9. The number of rotatable bonds is 4. The lowest BCUT2D eigenvalue weighted by Gasteiger charge is -2.28. The molecule has 2 N–H and O–H groups in total. The number of nitrogens with one attached hydrogen (secondary N) is 2. The highest BCUT2D eigenvalue weighted by atomic mass is 79.9. The fourth-order valence-corrected chi connectivity index (χ4v) is 5.37. The second-order valence-corrected chi connectivity index (χ2v) is 11.2. The molecular weight excluding hydrogens is 526 g/mol. The molecule has 1 aromatic carbocycles. The van der Waals surface area contributed by atoms with Crippen LogP contribution in [0.15, 0.2) is 34.9 Å². The lowest BCUT2D eigenvalue weighted by Crippen LogP contribution is -2.42. The van der Waals surface area contributed by atoms with Crippen molar-refractivity contribution in [1.82, 2.24) is 34.4 Å². The third kappa shape index (κ3) is 4.23. The van der Waals surface area contributed by atoms with Crippen molar-refractivity contribution in [2.45, 2.75) is 45.4 Å². The molecule has 2 aliphatic heterocycles. The highest BCUT2D eigenvalue weighted by molar-refractivity contribution is 9.10. The number of nitrogens with zero attached hydrogens (tertiary/aromatic N) is 7. The van der Waals surface area contributed by atoms with E-state index < -0.39 is 5.60 Å². The van der Waals surface area contributed by atoms with Crippen LogP contribution in [0.4, 0.5) is 16.7 Å². The number of anilines is 2. The largest absolute Gasteiger partial charge is 0.444 e. The number of fused-ring (bicyclic) bond motifs is 3. The number of halogens is 1. The number of amides is 1. The molecule has 2 fully saturated rings. The van der Waals surface area contributed by atoms with E-state index in [0.29, 0.717) is 36.6 Å². The van der Waals surface area contributed by atoms with Crippen LogP contribution in [0.2, 0.25) is 0 Å². The summed E-state index contributed by atoms with van der Waals surface area (Å²) in [4.78, 5) is 34.4. The molecule has 4 aromatic rings. The molecule has 0 spiro atoms. The molecule has 0 radical (unpaired) electrons. The Balaban J connectivity index is 1.24. The fourth-order valence-electron chi connectivity index (χ4n) is 5.02. The molecule has 1 amide bonds. The number of benzene rings is 1. The summed E-state index contributed by atoms with van der Waals surface area (Å²) in [7, 11) is 0. The lowest BCUT2D eigenvalue weighted by molar-refractivity contribution is 0.0229. The topological polar surface area (TPSA) is 117 Å². The van der Waals surface area contributed by atoms with Gasteiger partial charge in [-0.1, -0.05) is 12.1 Å². The van der Waals surface area contributed by atoms with Crippen LogP contribution in [0.1, 0.15) is 33.0 Å². The van der Waals surface area contributed by atoms with Crippen LogP contribution in [-0.4, -0.2) is 71.8 Å². The summed E-state index contributed by atoms with van der Waals surface area (Å²) >= 11 is 3.56. The SMILES string of the molecule is CC(C)(C)OC(=O)N1CCC2CN(c3nc(NCc4nc5ccccc5[nH]4)n4ncc(Br)c4n3)CC21. The van der Waals surface area contributed by atoms with E-state index in [1.165, 1.54) is 0 Å². The second kappa shape index (κ2) is 8.61. The molecule has 0 aliphatic carbocycles. The molecular formula is C24H28BrN9O2. The molecule has 2 saturated heterocycles. The average Bonchev–Trinajstić information content (AvgIpc) is 3.58. The van der Waals surface area contributed by atoms with Gasteiger partial charge in [0.1, 0.15) is 11.4 Å². The van der Waals surface area contributed by atoms with Crippen molar-refractivity contribution in [2.75, 3.05) is 29.9 Å². The number of hydrogen-bond donors (Lipinski definition) is 2. The summed E-state index contributed by atoms with van der Waals surface area (Å²) in [5.74, 6) is 2.34. The summed E-state index contributed by atoms with van der Waals surface area (Å²) in [5.41, 5.74) is 2.06. The Kier molecular flexibility index (Phi) is 5.51. The van der Waals surface area contributed by atoms with Crippen LogP contribution in [0, 0.1) is 5.92 Å². The van der Waals surface area contributed by atoms with Gasteiger partial charge in [0.05, 0.1) is 34.3 Å². The molecule has 12 heteroatoms. The van der Waals surface area contributed by atoms with Gasteiger partial charge in [0.15, 0.2) is 5.65 Å². The number of para-hydroxylation sites is 2. The minimum Gasteiger partial charge on any atom is -0.444 e. The molecule has 2 unspecified atom stereocenters. The molecule has 6 rings (SSSR count). The van der Waals surface area contributed by atoms with Crippen molar-refractivity contribution in [1.29, 1.82) is 0 Å². The molecule has 188 valence electrons. The number of likely N-dealkylation sites (tertiary alicyclic amines) is 1. The first-order valence-electron chi connectivity index (χ1n) is 12.1. The summed E-state index contributed by atoms with van der Waals surface area (Å²) in [5, 5.41) is 7.80. The van der Waals surface area contributed by atoms with E-state index in [2.05, 4.69) is 41.2 Å². The summed E-state index contributed by atoms with van der Waals surface area (Å²) in [6.45, 7) is 8.30. The third-order valence-electron chi connectivity index (χ3n) is 6.62. The maximum Gasteiger partial charge on any atom is 0.410 e. The smallest absolute Gasteiger partial charge is 0.410 e. The Morgan fingerprint density at radius 2 is 2.06 bits per heavy atom. The maximum atomic E-state index is 12.8. The van der Waals surface area contributed by atoms with Crippen LogP contribution in [0.25, 0.3) is 16.7 Å². The van der Waals surface area contributed by atoms with Gasteiger partial charge in [-0.3, -0.25) is 0 Å². The maximum absolute atomic E-state index is 12.8. The number of H-pyrrole nitrogens is 1. The lowest BCUT2D eigenvalue weighted by atomic mass is 10.1. The van der Waals surface area contributed by atoms with Crippen molar-refractivity contribution in [3.63, 3.8) is 0 Å². The monoisotopic (exact) mass is 553 g/mol. The van der Waals surface area contributed by atoms with Crippen molar-refractivity contribution < 1.29 is 9.53 Å². The highest BCUT2D eigenvalue weighted by Gasteiger charge is 2.45. The van der Waals surface area contributed by atoms with Crippen LogP contribution < -0.4 is 10.2 Å². The van der Waals surface area contributed by atoms with Gasteiger partial charge in [-0.15, -0.1) is 0 Å². The molecule has 11 nitrogen and oxygen atoms in total. The standard InChI is InChI=1S/C24H28BrN9O2/c1-24(2,3)36-23(35)33-9-8-14-12-32(13-18(14)33)22-30-20-15(25)10-27-34(20)21(31-22)26-11-19-28-16-6-4-5-7-17(16)29-19/h4-7,10,14,18H,8-9,11-13H2,1-3H3,(H,28,29)(H,26,30,31). The molecule has 2 atom stereocenters. The van der Waals surface area contributed by atoms with Gasteiger partial charge in [-0.05, 0) is 55.3 Å². The van der Waals surface area contributed by atoms with Crippen molar-refractivity contribution >= 4 is 50.6 Å². The highest BCUT2D eigenvalue weighted by Crippen LogP contribution is 2.35. The fraction of sp³-hybridized carbons (Fsp3) is 0.458. The Morgan fingerprint density at radius 1 is 1.22 bits per heavy atom. The van der Waals surface area contributed by atoms with E-state index in [-0.39, 0.29) is 12.1 Å². The Hall–Kier alpha value is -3.41. The number of hydrogen-bond acceptors (Lipinski definition) is 8. The number of carbonyl (C=O) groups excluding carboxylic acids is 1. The van der Waals surface area contributed by atoms with Gasteiger partial charge in [0.2, 0.25) is 11.9 Å². The van der Waals surface area contributed by atoms with Crippen LogP contribution >= 0.6 is 15.9 Å². The van der Waals surface area contributed by atoms with E-state index in [1.807, 2.05) is 49.9 Å². The number of aromatic nitrogens is 6. The summed E-state index contributed by atoms with van der Waals surface area (Å²) < 4.78 is 8.11. The molecule has 2 aliphatic rings. The number of carbonyl (C=O) groups is 1. The third-order valence-corrected chi connectivity index (χ3v) is 7.18. The first kappa shape index (κ1) is 23.0. The van der Waals surface area contributed by atoms with Crippen LogP contribution in [-0.2, 0) is 11.3 Å². The van der Waals surface area contributed by atoms with Gasteiger partial charge in [0.25, 0.3) is 0 Å². The average molecular weight is 554 g/mol. The van der Waals surface area contributed by atoms with Crippen LogP contribution in [0.3, 0.4) is 0 Å². The molecule has 36 heavy (non-hydrogen) atoms. The first-order chi connectivity index (χ1) is 17.2. The predicted octanol–water partition coefficient (Wildman–Crippen LogP) is 3.82. The number of imidazole rings is 1. The Bertz CT molecular complexity index is 1410. The van der Waals surface area contributed by atoms with E-state index in [4.69, 9.17) is 14.7 Å². The zero-order chi connectivity index (χ0) is 25.0. The summed E-state index contributed by atoms with van der Waals surface area (Å²) in [6, 6.07) is 8.01. The van der Waals surface area contributed by atoms with Gasteiger partial charge in [0, 0.05) is 25.6 Å². The minimum absolute atomic E-state index is 0.0833. The molecule has 0 bridgehead atoms. The van der Waals surface area contributed by atoms with E-state index in [0.717, 1.165) is 40.8 Å². The molecule has 3 aromatic heterocycles. The Morgan fingerprint density at radius 3 is 2.86 bits per heavy atom. The van der Waals surface area contributed by atoms with Crippen molar-refractivity contribution in [2.24, 2.45) is 5.92 Å². The van der Waals surface area contributed by atoms with Gasteiger partial charge in [-0.25, -0.2) is 9.78 Å². The number of ether oxygens (including phenoxy) is 1. The normalized spacial score (nSPS) is 19.9. The molecule has 0 saturated carbocycles. The quantitative estimate of drug-likeness (QED) is 0.391. The van der Waals surface area contributed by atoms with Crippen molar-refractivity contribution in [3.05, 3.63) is 40.8 Å². The van der Waals surface area contributed by atoms with Gasteiger partial charge >= 0.3 is 6.09 Å². The Labute approximate surface area is 216 Å². The van der Waals surface area contributed by atoms with Crippen LogP contribution in [0.5, 0.6) is 0 Å². The summed E-state index contributed by atoms with van der Waals surface area (Å²) in [6.07, 6.45) is 2.40. The van der Waals surface area contributed by atoms with E-state index in [1.54, 1.807) is 10.7 Å². The number of aromatic amines is 1. The van der Waals surface area contributed by atoms with E-state index in [9.17, 15) is 4.79 Å².